The SMILES string of the molecule is Cc1ccc(C=CC(=O)CC(=O)CC(=O)OC2C3CC[C@@](C)(C2c2cccc4ccccc24)C3(C)C)cc1. The number of allylic oxidation sites excluding steroid dienone is 1. The van der Waals surface area contributed by atoms with Crippen LogP contribution < -0.4 is 0 Å². The molecular formula is C34H36O4. The summed E-state index contributed by atoms with van der Waals surface area (Å²) in [4.78, 5) is 38.0. The zero-order valence-electron chi connectivity index (χ0n) is 22.7. The highest BCUT2D eigenvalue weighted by molar-refractivity contribution is 6.10. The summed E-state index contributed by atoms with van der Waals surface area (Å²) in [7, 11) is 0. The van der Waals surface area contributed by atoms with Crippen LogP contribution in [0.4, 0.5) is 0 Å². The summed E-state index contributed by atoms with van der Waals surface area (Å²) in [6.45, 7) is 8.91. The highest BCUT2D eigenvalue weighted by Crippen LogP contribution is 2.72. The quantitative estimate of drug-likeness (QED) is 0.183. The summed E-state index contributed by atoms with van der Waals surface area (Å²) in [5, 5.41) is 2.36. The number of rotatable bonds is 8. The number of Topliss-reactive ketones (excluding diaryl/α,β-unsaturated/α-hetero) is 1. The lowest BCUT2D eigenvalue weighted by atomic mass is 9.64. The molecule has 3 unspecified atom stereocenters. The van der Waals surface area contributed by atoms with E-state index in [0.29, 0.717) is 0 Å². The second-order valence-corrected chi connectivity index (χ2v) is 11.9. The number of hydrogen-bond acceptors (Lipinski definition) is 4. The predicted octanol–water partition coefficient (Wildman–Crippen LogP) is 7.23. The van der Waals surface area contributed by atoms with E-state index in [9.17, 15) is 14.4 Å². The molecule has 3 aromatic carbocycles. The fraction of sp³-hybridized carbons (Fsp3) is 0.382. The van der Waals surface area contributed by atoms with Crippen molar-refractivity contribution in [1.82, 2.24) is 0 Å². The number of aryl methyl sites for hydroxylation is 1. The molecule has 2 bridgehead atoms. The van der Waals surface area contributed by atoms with Gasteiger partial charge in [0, 0.05) is 11.8 Å². The number of ether oxygens (including phenoxy) is 1. The predicted molar refractivity (Wildman–Crippen MR) is 151 cm³/mol. The van der Waals surface area contributed by atoms with Crippen LogP contribution in [0.15, 0.2) is 72.8 Å². The van der Waals surface area contributed by atoms with E-state index in [2.05, 4.69) is 57.2 Å². The Bertz CT molecular complexity index is 1410. The first-order valence-corrected chi connectivity index (χ1v) is 13.6. The zero-order valence-corrected chi connectivity index (χ0v) is 22.7. The van der Waals surface area contributed by atoms with Crippen LogP contribution in [0, 0.1) is 23.7 Å². The Balaban J connectivity index is 1.30. The van der Waals surface area contributed by atoms with Gasteiger partial charge in [0.2, 0.25) is 0 Å². The van der Waals surface area contributed by atoms with Gasteiger partial charge in [-0.15, -0.1) is 0 Å². The number of hydrogen-bond donors (Lipinski definition) is 0. The molecule has 2 fully saturated rings. The summed E-state index contributed by atoms with van der Waals surface area (Å²) in [5.74, 6) is -1.00. The van der Waals surface area contributed by atoms with Crippen LogP contribution in [-0.4, -0.2) is 23.6 Å². The third-order valence-electron chi connectivity index (χ3n) is 9.46. The maximum atomic E-state index is 13.1. The van der Waals surface area contributed by atoms with Crippen molar-refractivity contribution < 1.29 is 19.1 Å². The highest BCUT2D eigenvalue weighted by atomic mass is 16.5. The van der Waals surface area contributed by atoms with Gasteiger partial charge >= 0.3 is 5.97 Å². The van der Waals surface area contributed by atoms with Crippen molar-refractivity contribution in [2.75, 3.05) is 0 Å². The molecule has 2 aliphatic rings. The largest absolute Gasteiger partial charge is 0.461 e. The summed E-state index contributed by atoms with van der Waals surface area (Å²) < 4.78 is 6.17. The van der Waals surface area contributed by atoms with Gasteiger partial charge in [-0.2, -0.15) is 0 Å². The monoisotopic (exact) mass is 508 g/mol. The molecule has 0 aliphatic heterocycles. The molecule has 0 aromatic heterocycles. The number of carbonyl (C=O) groups excluding carboxylic acids is 3. The van der Waals surface area contributed by atoms with Gasteiger partial charge in [-0.1, -0.05) is 99.1 Å². The number of fused-ring (bicyclic) bond motifs is 3. The minimum absolute atomic E-state index is 0.0136. The third kappa shape index (κ3) is 4.62. The summed E-state index contributed by atoms with van der Waals surface area (Å²) in [6.07, 6.45) is 4.19. The number of ketones is 2. The van der Waals surface area contributed by atoms with Crippen LogP contribution in [0.1, 0.15) is 69.1 Å². The molecule has 0 spiro atoms. The first-order chi connectivity index (χ1) is 18.1. The van der Waals surface area contributed by atoms with E-state index in [1.54, 1.807) is 6.08 Å². The lowest BCUT2D eigenvalue weighted by Gasteiger charge is -2.40. The Morgan fingerprint density at radius 3 is 2.39 bits per heavy atom. The van der Waals surface area contributed by atoms with Crippen molar-refractivity contribution in [3.05, 3.63) is 89.5 Å². The van der Waals surface area contributed by atoms with Gasteiger partial charge in [-0.25, -0.2) is 0 Å². The Hall–Kier alpha value is -3.53. The molecule has 4 nitrogen and oxygen atoms in total. The standard InChI is InChI=1S/C34H36O4/c1-22-12-14-23(15-13-22)16-17-25(35)20-26(36)21-30(37)38-32-29-18-19-34(4,33(29,2)3)31(32)28-11-7-9-24-8-5-6-10-27(24)28/h5-17,29,31-32H,18-21H2,1-4H3/t29?,31?,32?,34-/m0/s1. The van der Waals surface area contributed by atoms with Gasteiger partial charge in [0.1, 0.15) is 12.5 Å². The van der Waals surface area contributed by atoms with Crippen LogP contribution in [-0.2, 0) is 19.1 Å². The molecule has 2 saturated carbocycles. The van der Waals surface area contributed by atoms with Gasteiger partial charge in [0.25, 0.3) is 0 Å². The van der Waals surface area contributed by atoms with E-state index in [4.69, 9.17) is 4.74 Å². The van der Waals surface area contributed by atoms with Gasteiger partial charge in [-0.05, 0) is 58.6 Å². The summed E-state index contributed by atoms with van der Waals surface area (Å²) >= 11 is 0. The van der Waals surface area contributed by atoms with E-state index in [0.717, 1.165) is 24.0 Å². The van der Waals surface area contributed by atoms with Crippen LogP contribution >= 0.6 is 0 Å². The molecular weight excluding hydrogens is 472 g/mol. The van der Waals surface area contributed by atoms with Crippen LogP contribution in [0.25, 0.3) is 16.8 Å². The smallest absolute Gasteiger partial charge is 0.313 e. The van der Waals surface area contributed by atoms with Crippen molar-refractivity contribution in [3.63, 3.8) is 0 Å². The molecule has 5 rings (SSSR count). The molecule has 0 amide bonds. The lowest BCUT2D eigenvalue weighted by molar-refractivity contribution is -0.155. The van der Waals surface area contributed by atoms with Gasteiger partial charge in [0.15, 0.2) is 11.6 Å². The molecule has 0 saturated heterocycles. The van der Waals surface area contributed by atoms with Crippen LogP contribution in [0.2, 0.25) is 0 Å². The zero-order chi connectivity index (χ0) is 27.1. The van der Waals surface area contributed by atoms with E-state index in [1.807, 2.05) is 37.3 Å². The first kappa shape index (κ1) is 26.1. The highest BCUT2D eigenvalue weighted by Gasteiger charge is 2.67. The van der Waals surface area contributed by atoms with Crippen molar-refractivity contribution >= 4 is 34.4 Å². The first-order valence-electron chi connectivity index (χ1n) is 13.6. The average Bonchev–Trinajstić information content (AvgIpc) is 3.20. The fourth-order valence-electron chi connectivity index (χ4n) is 7.02. The molecule has 4 atom stereocenters. The molecule has 3 aromatic rings. The van der Waals surface area contributed by atoms with Crippen molar-refractivity contribution in [1.29, 1.82) is 0 Å². The van der Waals surface area contributed by atoms with E-state index >= 15 is 0 Å². The van der Waals surface area contributed by atoms with Crippen LogP contribution in [0.3, 0.4) is 0 Å². The van der Waals surface area contributed by atoms with E-state index in [-0.39, 0.29) is 47.4 Å². The van der Waals surface area contributed by atoms with E-state index in [1.165, 1.54) is 22.4 Å². The molecule has 0 radical (unpaired) electrons. The van der Waals surface area contributed by atoms with Crippen LogP contribution in [0.5, 0.6) is 0 Å². The van der Waals surface area contributed by atoms with Crippen molar-refractivity contribution in [2.45, 2.75) is 65.4 Å². The Kier molecular flexibility index (Phi) is 6.85. The van der Waals surface area contributed by atoms with Gasteiger partial charge in [-0.3, -0.25) is 14.4 Å². The molecule has 4 heteroatoms. The second-order valence-electron chi connectivity index (χ2n) is 11.9. The molecule has 0 heterocycles. The second kappa shape index (κ2) is 9.98. The lowest BCUT2D eigenvalue weighted by Crippen LogP contribution is -2.35. The molecule has 38 heavy (non-hydrogen) atoms. The summed E-state index contributed by atoms with van der Waals surface area (Å²) in [5.41, 5.74) is 3.19. The van der Waals surface area contributed by atoms with Crippen molar-refractivity contribution in [3.8, 4) is 0 Å². The maximum absolute atomic E-state index is 13.1. The summed E-state index contributed by atoms with van der Waals surface area (Å²) in [6, 6.07) is 22.5. The molecule has 196 valence electrons. The molecule has 2 aliphatic carbocycles. The normalized spacial score (nSPS) is 25.6. The Morgan fingerprint density at radius 2 is 1.63 bits per heavy atom. The van der Waals surface area contributed by atoms with E-state index < -0.39 is 11.8 Å². The number of esters is 1. The minimum Gasteiger partial charge on any atom is -0.461 e. The fourth-order valence-corrected chi connectivity index (χ4v) is 7.02. The Labute approximate surface area is 225 Å². The third-order valence-corrected chi connectivity index (χ3v) is 9.46. The average molecular weight is 509 g/mol. The number of benzene rings is 3. The van der Waals surface area contributed by atoms with Gasteiger partial charge < -0.3 is 4.74 Å². The molecule has 0 N–H and O–H groups in total. The maximum Gasteiger partial charge on any atom is 0.313 e. The Morgan fingerprint density at radius 1 is 0.921 bits per heavy atom. The topological polar surface area (TPSA) is 60.4 Å². The van der Waals surface area contributed by atoms with Gasteiger partial charge in [0.05, 0.1) is 6.42 Å². The van der Waals surface area contributed by atoms with Crippen molar-refractivity contribution in [2.24, 2.45) is 16.7 Å². The number of carbonyl (C=O) groups is 3. The minimum atomic E-state index is -0.535.